The number of fused-ring (bicyclic) bond motifs is 1. The van der Waals surface area contributed by atoms with Crippen LogP contribution in [0.3, 0.4) is 0 Å². The van der Waals surface area contributed by atoms with Gasteiger partial charge in [-0.3, -0.25) is 19.4 Å². The van der Waals surface area contributed by atoms with Gasteiger partial charge < -0.3 is 19.5 Å². The molecule has 2 aromatic rings. The van der Waals surface area contributed by atoms with E-state index in [0.717, 1.165) is 50.8 Å². The van der Waals surface area contributed by atoms with Crippen LogP contribution in [-0.2, 0) is 28.4 Å². The minimum Gasteiger partial charge on any atom is -0.379 e. The van der Waals surface area contributed by atoms with Gasteiger partial charge in [0.25, 0.3) is 5.56 Å². The molecule has 228 valence electrons. The van der Waals surface area contributed by atoms with Crippen LogP contribution in [0.25, 0.3) is 0 Å². The molecule has 1 aromatic carbocycles. The van der Waals surface area contributed by atoms with E-state index < -0.39 is 0 Å². The Morgan fingerprint density at radius 2 is 1.88 bits per heavy atom. The van der Waals surface area contributed by atoms with Crippen molar-refractivity contribution in [2.75, 3.05) is 57.4 Å². The number of halogens is 3. The summed E-state index contributed by atoms with van der Waals surface area (Å²) in [6, 6.07) is 9.24. The van der Waals surface area contributed by atoms with Crippen molar-refractivity contribution in [3.05, 3.63) is 63.3 Å². The number of carbonyl (C=O) groups excluding carboxylic acids is 1. The molecule has 0 spiro atoms. The first kappa shape index (κ1) is 33.5. The lowest BCUT2D eigenvalue weighted by Gasteiger charge is -2.43. The van der Waals surface area contributed by atoms with Gasteiger partial charge in [-0.15, -0.1) is 24.8 Å². The molecule has 0 radical (unpaired) electrons. The highest BCUT2D eigenvalue weighted by molar-refractivity contribution is 5.97. The van der Waals surface area contributed by atoms with Crippen LogP contribution in [0.4, 0.5) is 10.1 Å². The van der Waals surface area contributed by atoms with Crippen molar-refractivity contribution in [2.45, 2.75) is 57.7 Å². The third-order valence-electron chi connectivity index (χ3n) is 8.61. The number of ether oxygens (including phenoxy) is 1. The van der Waals surface area contributed by atoms with Crippen molar-refractivity contribution >= 4 is 36.4 Å². The van der Waals surface area contributed by atoms with Gasteiger partial charge in [-0.2, -0.15) is 0 Å². The van der Waals surface area contributed by atoms with E-state index in [1.807, 2.05) is 11.0 Å². The van der Waals surface area contributed by atoms with Gasteiger partial charge in [0.15, 0.2) is 0 Å². The molecule has 3 atom stereocenters. The van der Waals surface area contributed by atoms with Gasteiger partial charge >= 0.3 is 0 Å². The molecule has 0 saturated carbocycles. The molecule has 1 aromatic heterocycles. The zero-order chi connectivity index (χ0) is 27.9. The van der Waals surface area contributed by atoms with Crippen molar-refractivity contribution in [2.24, 2.45) is 7.05 Å². The van der Waals surface area contributed by atoms with Crippen LogP contribution in [0, 0.1) is 5.82 Å². The molecule has 4 heterocycles. The fourth-order valence-corrected chi connectivity index (χ4v) is 6.51. The molecule has 1 N–H and O–H groups in total. The Bertz CT molecular complexity index is 1290. The van der Waals surface area contributed by atoms with Crippen LogP contribution in [-0.4, -0.2) is 90.9 Å². The number of nitrogens with zero attached hydrogens (tertiary/aromatic N) is 4. The maximum absolute atomic E-state index is 14.4. The first-order valence-corrected chi connectivity index (χ1v) is 14.1. The highest BCUT2D eigenvalue weighted by Crippen LogP contribution is 2.40. The first-order chi connectivity index (χ1) is 18.5. The summed E-state index contributed by atoms with van der Waals surface area (Å²) in [7, 11) is 1.76. The standard InChI is InChI=1S/C30H42FN5O3.2ClH/c1-20-15-35(24(14-32-20)16-34-10-11-39-18-21(34)2)17-27(37)36-19-30(3,4)28-26(36)13-23(29(38)33(28)5)12-22-8-6-7-9-25(22)31;;/h6-9,13,20-21,24,32H,10-12,14-19H2,1-5H3;2*1H/t20-,21-,24-;;/m1../s1. The summed E-state index contributed by atoms with van der Waals surface area (Å²) in [6.07, 6.45) is 0.185. The van der Waals surface area contributed by atoms with Gasteiger partial charge in [-0.25, -0.2) is 4.39 Å². The summed E-state index contributed by atoms with van der Waals surface area (Å²) < 4.78 is 21.7. The van der Waals surface area contributed by atoms with Crippen LogP contribution in [0.1, 0.15) is 44.5 Å². The van der Waals surface area contributed by atoms with E-state index in [2.05, 4.69) is 42.8 Å². The summed E-state index contributed by atoms with van der Waals surface area (Å²) >= 11 is 0. The van der Waals surface area contributed by atoms with Crippen LogP contribution < -0.4 is 15.8 Å². The van der Waals surface area contributed by atoms with Crippen LogP contribution in [0.5, 0.6) is 0 Å². The number of pyridine rings is 1. The van der Waals surface area contributed by atoms with E-state index in [-0.39, 0.29) is 60.0 Å². The Morgan fingerprint density at radius 1 is 1.15 bits per heavy atom. The zero-order valence-electron chi connectivity index (χ0n) is 24.7. The fraction of sp³-hybridized carbons (Fsp3) is 0.600. The Hall–Kier alpha value is -2.01. The summed E-state index contributed by atoms with van der Waals surface area (Å²) in [5.74, 6) is -0.298. The summed E-state index contributed by atoms with van der Waals surface area (Å²) in [5.41, 5.74) is 2.06. The van der Waals surface area contributed by atoms with Gasteiger partial charge in [0.05, 0.1) is 31.1 Å². The lowest BCUT2D eigenvalue weighted by atomic mass is 9.90. The van der Waals surface area contributed by atoms with Crippen molar-refractivity contribution in [1.29, 1.82) is 0 Å². The Labute approximate surface area is 255 Å². The second kappa shape index (κ2) is 13.5. The molecule has 0 unspecified atom stereocenters. The molecule has 0 aliphatic carbocycles. The largest absolute Gasteiger partial charge is 0.379 e. The number of piperazine rings is 1. The predicted octanol–water partition coefficient (Wildman–Crippen LogP) is 2.97. The van der Waals surface area contributed by atoms with Crippen LogP contribution in [0.2, 0.25) is 0 Å². The van der Waals surface area contributed by atoms with Crippen LogP contribution >= 0.6 is 24.8 Å². The second-order valence-electron chi connectivity index (χ2n) is 12.2. The lowest BCUT2D eigenvalue weighted by molar-refractivity contribution is -0.121. The third kappa shape index (κ3) is 6.98. The lowest BCUT2D eigenvalue weighted by Crippen LogP contribution is -2.62. The zero-order valence-corrected chi connectivity index (χ0v) is 26.3. The number of hydrogen-bond donors (Lipinski definition) is 1. The number of rotatable bonds is 6. The van der Waals surface area contributed by atoms with Gasteiger partial charge in [0.1, 0.15) is 5.82 Å². The monoisotopic (exact) mass is 611 g/mol. The second-order valence-corrected chi connectivity index (χ2v) is 12.2. The molecule has 3 aliphatic rings. The fourth-order valence-electron chi connectivity index (χ4n) is 6.51. The number of hydrogen-bond acceptors (Lipinski definition) is 6. The summed E-state index contributed by atoms with van der Waals surface area (Å²) in [5, 5.41) is 3.59. The molecule has 5 rings (SSSR count). The minimum absolute atomic E-state index is 0. The number of morpholine rings is 1. The molecule has 0 bridgehead atoms. The van der Waals surface area contributed by atoms with E-state index in [1.165, 1.54) is 6.07 Å². The van der Waals surface area contributed by atoms with Gasteiger partial charge in [-0.05, 0) is 31.5 Å². The van der Waals surface area contributed by atoms with E-state index >= 15 is 0 Å². The Balaban J connectivity index is 0.00000231. The van der Waals surface area contributed by atoms with Crippen LogP contribution in [0.15, 0.2) is 35.1 Å². The first-order valence-electron chi connectivity index (χ1n) is 14.1. The van der Waals surface area contributed by atoms with Crippen molar-refractivity contribution in [3.63, 3.8) is 0 Å². The molecule has 8 nitrogen and oxygen atoms in total. The molecule has 2 fully saturated rings. The normalized spacial score (nSPS) is 24.3. The molecular weight excluding hydrogens is 568 g/mol. The quantitative estimate of drug-likeness (QED) is 0.542. The van der Waals surface area contributed by atoms with Crippen molar-refractivity contribution in [1.82, 2.24) is 19.7 Å². The number of amides is 1. The smallest absolute Gasteiger partial charge is 0.254 e. The number of anilines is 1. The number of carbonyl (C=O) groups is 1. The molecule has 41 heavy (non-hydrogen) atoms. The topological polar surface area (TPSA) is 70.1 Å². The highest BCUT2D eigenvalue weighted by atomic mass is 35.5. The maximum Gasteiger partial charge on any atom is 0.254 e. The summed E-state index contributed by atoms with van der Waals surface area (Å²) in [4.78, 5) is 33.9. The molecule has 2 saturated heterocycles. The van der Waals surface area contributed by atoms with E-state index in [9.17, 15) is 14.0 Å². The van der Waals surface area contributed by atoms with Gasteiger partial charge in [0.2, 0.25) is 5.91 Å². The minimum atomic E-state index is -0.380. The predicted molar refractivity (Wildman–Crippen MR) is 165 cm³/mol. The number of nitrogens with one attached hydrogen (secondary N) is 1. The Kier molecular flexibility index (Phi) is 11.0. The Morgan fingerprint density at radius 3 is 2.59 bits per heavy atom. The molecule has 1 amide bonds. The highest BCUT2D eigenvalue weighted by Gasteiger charge is 2.42. The van der Waals surface area contributed by atoms with Crippen molar-refractivity contribution < 1.29 is 13.9 Å². The number of benzene rings is 1. The van der Waals surface area contributed by atoms with E-state index in [4.69, 9.17) is 4.74 Å². The summed E-state index contributed by atoms with van der Waals surface area (Å²) in [6.45, 7) is 14.2. The molecule has 11 heteroatoms. The maximum atomic E-state index is 14.4. The van der Waals surface area contributed by atoms with Gasteiger partial charge in [0, 0.05) is 75.3 Å². The molecule has 3 aliphatic heterocycles. The third-order valence-corrected chi connectivity index (χ3v) is 8.61. The average Bonchev–Trinajstić information content (AvgIpc) is 3.16. The van der Waals surface area contributed by atoms with E-state index in [1.54, 1.807) is 29.8 Å². The molecular formula is C30H44Cl2FN5O3. The van der Waals surface area contributed by atoms with Gasteiger partial charge in [-0.1, -0.05) is 32.0 Å². The number of aromatic nitrogens is 1. The average molecular weight is 613 g/mol. The van der Waals surface area contributed by atoms with Crippen molar-refractivity contribution in [3.8, 4) is 0 Å². The SMILES string of the molecule is C[C@@H]1CN(CC(=O)N2CC(C)(C)c3c2cc(Cc2ccccc2F)c(=O)n3C)[C@@H](CN2CCOC[C@H]2C)CN1.Cl.Cl. The van der Waals surface area contributed by atoms with E-state index in [0.29, 0.717) is 36.3 Å².